The molecule has 5 nitrogen and oxygen atoms in total. The van der Waals surface area contributed by atoms with Crippen molar-refractivity contribution in [3.05, 3.63) is 29.8 Å². The Morgan fingerprint density at radius 2 is 2.19 bits per heavy atom. The monoisotopic (exact) mass is 310 g/mol. The summed E-state index contributed by atoms with van der Waals surface area (Å²) in [5, 5.41) is 0. The lowest BCUT2D eigenvalue weighted by Gasteiger charge is -2.25. The molecular weight excluding hydrogens is 288 g/mol. The fourth-order valence-corrected chi connectivity index (χ4v) is 4.19. The van der Waals surface area contributed by atoms with Gasteiger partial charge in [-0.2, -0.15) is 4.31 Å². The molecule has 0 bridgehead atoms. The summed E-state index contributed by atoms with van der Waals surface area (Å²) in [5.41, 5.74) is 7.97. The molecule has 1 aromatic carbocycles. The highest BCUT2D eigenvalue weighted by molar-refractivity contribution is 7.89. The molecule has 2 rings (SSSR count). The van der Waals surface area contributed by atoms with E-state index in [1.54, 1.807) is 13.0 Å². The zero-order chi connectivity index (χ0) is 15.6. The van der Waals surface area contributed by atoms with Crippen molar-refractivity contribution in [3.63, 3.8) is 0 Å². The second-order valence-corrected chi connectivity index (χ2v) is 7.25. The van der Waals surface area contributed by atoms with E-state index in [0.717, 1.165) is 24.0 Å². The van der Waals surface area contributed by atoms with Gasteiger partial charge in [0.25, 0.3) is 0 Å². The standard InChI is InChI=1S/C15H22N2O3S/c1-4-17(10-11(2)3)21(18,19)14-9-13(16)8-12-6-5-7-20-15(12)14/h8-9H,2,4-7,10,16H2,1,3H3. The first kappa shape index (κ1) is 15.9. The van der Waals surface area contributed by atoms with Crippen molar-refractivity contribution in [2.45, 2.75) is 31.6 Å². The lowest BCUT2D eigenvalue weighted by molar-refractivity contribution is 0.279. The van der Waals surface area contributed by atoms with Gasteiger partial charge in [0.2, 0.25) is 10.0 Å². The smallest absolute Gasteiger partial charge is 0.247 e. The average Bonchev–Trinajstić information content (AvgIpc) is 2.43. The molecule has 6 heteroatoms. The summed E-state index contributed by atoms with van der Waals surface area (Å²) < 4.78 is 32.7. The van der Waals surface area contributed by atoms with Crippen molar-refractivity contribution in [2.24, 2.45) is 0 Å². The first-order valence-corrected chi connectivity index (χ1v) is 8.50. The Bertz CT molecular complexity index is 653. The molecule has 1 aliphatic heterocycles. The predicted octanol–water partition coefficient (Wildman–Crippen LogP) is 2.18. The Morgan fingerprint density at radius 1 is 1.48 bits per heavy atom. The number of nitrogens with zero attached hydrogens (tertiary/aromatic N) is 1. The van der Waals surface area contributed by atoms with Crippen molar-refractivity contribution in [1.29, 1.82) is 0 Å². The minimum absolute atomic E-state index is 0.167. The van der Waals surface area contributed by atoms with Gasteiger partial charge in [-0.1, -0.05) is 19.1 Å². The van der Waals surface area contributed by atoms with Crippen molar-refractivity contribution in [2.75, 3.05) is 25.4 Å². The molecule has 0 aromatic heterocycles. The van der Waals surface area contributed by atoms with E-state index < -0.39 is 10.0 Å². The zero-order valence-corrected chi connectivity index (χ0v) is 13.4. The van der Waals surface area contributed by atoms with Gasteiger partial charge in [0.05, 0.1) is 6.61 Å². The Labute approximate surface area is 126 Å². The van der Waals surface area contributed by atoms with Gasteiger partial charge in [-0.25, -0.2) is 8.42 Å². The molecule has 0 amide bonds. The van der Waals surface area contributed by atoms with Crippen LogP contribution in [0, 0.1) is 0 Å². The Balaban J connectivity index is 2.53. The number of benzene rings is 1. The topological polar surface area (TPSA) is 72.6 Å². The SMILES string of the molecule is C=C(C)CN(CC)S(=O)(=O)c1cc(N)cc2c1OCCC2. The number of rotatable bonds is 5. The number of hydrogen-bond donors (Lipinski definition) is 1. The van der Waals surface area contributed by atoms with Crippen LogP contribution < -0.4 is 10.5 Å². The van der Waals surface area contributed by atoms with E-state index in [1.165, 1.54) is 10.4 Å². The summed E-state index contributed by atoms with van der Waals surface area (Å²) in [7, 11) is -3.64. The minimum atomic E-state index is -3.64. The van der Waals surface area contributed by atoms with E-state index in [2.05, 4.69) is 6.58 Å². The largest absolute Gasteiger partial charge is 0.492 e. The van der Waals surface area contributed by atoms with E-state index in [9.17, 15) is 8.42 Å². The molecule has 0 fully saturated rings. The van der Waals surface area contributed by atoms with Crippen LogP contribution in [0.2, 0.25) is 0 Å². The average molecular weight is 310 g/mol. The van der Waals surface area contributed by atoms with Crippen LogP contribution in [-0.4, -0.2) is 32.4 Å². The van der Waals surface area contributed by atoms with Gasteiger partial charge in [-0.15, -0.1) is 0 Å². The zero-order valence-electron chi connectivity index (χ0n) is 12.6. The van der Waals surface area contributed by atoms with Crippen molar-refractivity contribution >= 4 is 15.7 Å². The van der Waals surface area contributed by atoms with Crippen LogP contribution in [0.15, 0.2) is 29.2 Å². The molecule has 21 heavy (non-hydrogen) atoms. The van der Waals surface area contributed by atoms with Gasteiger partial charge in [0.15, 0.2) is 0 Å². The fourth-order valence-electron chi connectivity index (χ4n) is 2.47. The maximum absolute atomic E-state index is 12.9. The highest BCUT2D eigenvalue weighted by Gasteiger charge is 2.29. The van der Waals surface area contributed by atoms with Crippen LogP contribution in [-0.2, 0) is 16.4 Å². The molecule has 2 N–H and O–H groups in total. The third-order valence-electron chi connectivity index (χ3n) is 3.41. The van der Waals surface area contributed by atoms with Crippen LogP contribution >= 0.6 is 0 Å². The molecule has 0 aliphatic carbocycles. The summed E-state index contributed by atoms with van der Waals surface area (Å²) in [6.07, 6.45) is 1.66. The molecule has 0 radical (unpaired) electrons. The summed E-state index contributed by atoms with van der Waals surface area (Å²) in [4.78, 5) is 0.167. The summed E-state index contributed by atoms with van der Waals surface area (Å²) in [5.74, 6) is 0.454. The van der Waals surface area contributed by atoms with Gasteiger partial charge < -0.3 is 10.5 Å². The summed E-state index contributed by atoms with van der Waals surface area (Å²) in [6, 6.07) is 3.28. The van der Waals surface area contributed by atoms with E-state index in [0.29, 0.717) is 31.1 Å². The van der Waals surface area contributed by atoms with Gasteiger partial charge in [0, 0.05) is 18.8 Å². The number of ether oxygens (including phenoxy) is 1. The van der Waals surface area contributed by atoms with E-state index in [1.807, 2.05) is 6.92 Å². The number of likely N-dealkylation sites (N-methyl/N-ethyl adjacent to an activating group) is 1. The minimum Gasteiger partial charge on any atom is -0.492 e. The highest BCUT2D eigenvalue weighted by Crippen LogP contribution is 2.36. The molecule has 1 heterocycles. The lowest BCUT2D eigenvalue weighted by Crippen LogP contribution is -2.33. The first-order chi connectivity index (χ1) is 9.86. The molecule has 0 atom stereocenters. The Morgan fingerprint density at radius 3 is 2.81 bits per heavy atom. The van der Waals surface area contributed by atoms with Crippen molar-refractivity contribution < 1.29 is 13.2 Å². The Kier molecular flexibility index (Phi) is 4.58. The highest BCUT2D eigenvalue weighted by atomic mass is 32.2. The molecule has 1 aromatic rings. The van der Waals surface area contributed by atoms with Gasteiger partial charge in [0.1, 0.15) is 10.6 Å². The predicted molar refractivity (Wildman–Crippen MR) is 83.9 cm³/mol. The van der Waals surface area contributed by atoms with Crippen LogP contribution in [0.25, 0.3) is 0 Å². The number of fused-ring (bicyclic) bond motifs is 1. The Hall–Kier alpha value is -1.53. The molecule has 0 spiro atoms. The lowest BCUT2D eigenvalue weighted by atomic mass is 10.1. The summed E-state index contributed by atoms with van der Waals surface area (Å²) in [6.45, 7) is 8.61. The quantitative estimate of drug-likeness (QED) is 0.668. The van der Waals surface area contributed by atoms with Gasteiger partial charge >= 0.3 is 0 Å². The van der Waals surface area contributed by atoms with Gasteiger partial charge in [-0.05, 0) is 37.5 Å². The maximum Gasteiger partial charge on any atom is 0.247 e. The van der Waals surface area contributed by atoms with Crippen LogP contribution in [0.3, 0.4) is 0 Å². The summed E-state index contributed by atoms with van der Waals surface area (Å²) >= 11 is 0. The molecule has 116 valence electrons. The van der Waals surface area contributed by atoms with Crippen molar-refractivity contribution in [1.82, 2.24) is 4.31 Å². The second-order valence-electron chi connectivity index (χ2n) is 5.35. The van der Waals surface area contributed by atoms with E-state index in [-0.39, 0.29) is 4.90 Å². The second kappa shape index (κ2) is 6.07. The molecule has 0 saturated heterocycles. The number of hydrogen-bond acceptors (Lipinski definition) is 4. The molecule has 0 saturated carbocycles. The normalized spacial score (nSPS) is 14.6. The van der Waals surface area contributed by atoms with E-state index >= 15 is 0 Å². The molecular formula is C15H22N2O3S. The molecule has 1 aliphatic rings. The molecule has 0 unspecified atom stereocenters. The number of anilines is 1. The maximum atomic E-state index is 12.9. The number of sulfonamides is 1. The third kappa shape index (κ3) is 3.22. The van der Waals surface area contributed by atoms with Crippen LogP contribution in [0.1, 0.15) is 25.8 Å². The van der Waals surface area contributed by atoms with Crippen LogP contribution in [0.4, 0.5) is 5.69 Å². The first-order valence-electron chi connectivity index (χ1n) is 7.06. The fraction of sp³-hybridized carbons (Fsp3) is 0.467. The van der Waals surface area contributed by atoms with Crippen LogP contribution in [0.5, 0.6) is 5.75 Å². The third-order valence-corrected chi connectivity index (χ3v) is 5.33. The number of aryl methyl sites for hydroxylation is 1. The van der Waals surface area contributed by atoms with Crippen molar-refractivity contribution in [3.8, 4) is 5.75 Å². The number of nitrogen functional groups attached to an aromatic ring is 1. The number of nitrogens with two attached hydrogens (primary N) is 1. The van der Waals surface area contributed by atoms with Gasteiger partial charge in [-0.3, -0.25) is 0 Å². The van der Waals surface area contributed by atoms with E-state index in [4.69, 9.17) is 10.5 Å².